The molecule has 2 atom stereocenters. The molecule has 0 saturated carbocycles. The molecule has 0 spiro atoms. The Morgan fingerprint density at radius 3 is 2.62 bits per heavy atom. The van der Waals surface area contributed by atoms with Crippen LogP contribution in [0.4, 0.5) is 5.69 Å². The predicted molar refractivity (Wildman–Crippen MR) is 150 cm³/mol. The quantitative estimate of drug-likeness (QED) is 0.326. The van der Waals surface area contributed by atoms with Crippen molar-refractivity contribution >= 4 is 44.3 Å². The average Bonchev–Trinajstić information content (AvgIpc) is 3.68. The van der Waals surface area contributed by atoms with E-state index in [2.05, 4.69) is 14.7 Å². The van der Waals surface area contributed by atoms with Crippen LogP contribution in [0.5, 0.6) is 5.88 Å². The van der Waals surface area contributed by atoms with Gasteiger partial charge in [0.15, 0.2) is 0 Å². The lowest BCUT2D eigenvalue weighted by atomic mass is 10.0. The van der Waals surface area contributed by atoms with Crippen molar-refractivity contribution in [2.75, 3.05) is 31.4 Å². The summed E-state index contributed by atoms with van der Waals surface area (Å²) in [5.74, 6) is 1.63. The summed E-state index contributed by atoms with van der Waals surface area (Å²) < 4.78 is 38.9. The second kappa shape index (κ2) is 9.86. The zero-order valence-corrected chi connectivity index (χ0v) is 24.2. The van der Waals surface area contributed by atoms with Crippen LogP contribution in [-0.2, 0) is 14.8 Å². The van der Waals surface area contributed by atoms with Crippen LogP contribution in [0.2, 0.25) is 5.02 Å². The number of halogens is 1. The van der Waals surface area contributed by atoms with Crippen LogP contribution >= 0.6 is 11.6 Å². The van der Waals surface area contributed by atoms with Crippen molar-refractivity contribution in [3.63, 3.8) is 0 Å². The van der Waals surface area contributed by atoms with Crippen molar-refractivity contribution in [2.45, 2.75) is 45.2 Å². The van der Waals surface area contributed by atoms with Gasteiger partial charge in [0, 0.05) is 25.1 Å². The molecule has 40 heavy (non-hydrogen) atoms. The van der Waals surface area contributed by atoms with E-state index < -0.39 is 10.0 Å². The summed E-state index contributed by atoms with van der Waals surface area (Å²) in [5, 5.41) is 4.39. The van der Waals surface area contributed by atoms with Crippen LogP contribution in [-0.4, -0.2) is 64.8 Å². The number of carbonyl (C=O) groups is 1. The third-order valence-electron chi connectivity index (χ3n) is 7.77. The standard InChI is InChI=1S/C27H29ClN6O5S/c1-15-25(16(2)39-31-15)17-5-6-22-21(11-17)30-26(34(22)18-9-10-32(14-18)40(4,36)37)23-7-8-24(35)33(23)19-12-20(28)27(38-3)29-13-19/h5-6,11-13,18,23H,7-10,14H2,1-4H3/t18-,23+/m1/s1. The van der Waals surface area contributed by atoms with Crippen LogP contribution in [0.3, 0.4) is 0 Å². The molecule has 1 aromatic carbocycles. The van der Waals surface area contributed by atoms with E-state index in [-0.39, 0.29) is 23.9 Å². The molecule has 2 fully saturated rings. The number of sulfonamides is 1. The Morgan fingerprint density at radius 2 is 1.98 bits per heavy atom. The zero-order chi connectivity index (χ0) is 28.3. The number of fused-ring (bicyclic) bond motifs is 1. The van der Waals surface area contributed by atoms with Crippen LogP contribution in [0.15, 0.2) is 35.0 Å². The number of aryl methyl sites for hydroxylation is 2. The third-order valence-corrected chi connectivity index (χ3v) is 9.31. The SMILES string of the molecule is COc1ncc(N2C(=O)CC[C@H]2c2nc3cc(-c4c(C)noc4C)ccc3n2[C@@H]2CCN(S(C)(=O)=O)C2)cc1Cl. The van der Waals surface area contributed by atoms with Crippen molar-refractivity contribution in [2.24, 2.45) is 0 Å². The summed E-state index contributed by atoms with van der Waals surface area (Å²) in [7, 11) is -1.86. The molecular formula is C27H29ClN6O5S. The molecule has 4 aromatic rings. The molecule has 0 N–H and O–H groups in total. The topological polar surface area (TPSA) is 124 Å². The molecule has 5 heterocycles. The van der Waals surface area contributed by atoms with Gasteiger partial charge in [0.25, 0.3) is 0 Å². The number of amides is 1. The second-order valence-corrected chi connectivity index (χ2v) is 12.7. The summed E-state index contributed by atoms with van der Waals surface area (Å²) in [5.41, 5.74) is 4.80. The van der Waals surface area contributed by atoms with Crippen LogP contribution in [0, 0.1) is 13.8 Å². The number of imidazole rings is 1. The largest absolute Gasteiger partial charge is 0.480 e. The molecule has 2 saturated heterocycles. The van der Waals surface area contributed by atoms with Crippen LogP contribution < -0.4 is 9.64 Å². The minimum atomic E-state index is -3.35. The van der Waals surface area contributed by atoms with Crippen molar-refractivity contribution in [1.29, 1.82) is 0 Å². The minimum Gasteiger partial charge on any atom is -0.480 e. The number of carbonyl (C=O) groups excluding carboxylic acids is 1. The average molecular weight is 585 g/mol. The van der Waals surface area contributed by atoms with Crippen molar-refractivity contribution in [3.8, 4) is 17.0 Å². The maximum atomic E-state index is 13.2. The first kappa shape index (κ1) is 26.7. The zero-order valence-electron chi connectivity index (χ0n) is 22.6. The lowest BCUT2D eigenvalue weighted by Crippen LogP contribution is -2.31. The fourth-order valence-electron chi connectivity index (χ4n) is 5.96. The minimum absolute atomic E-state index is 0.0627. The van der Waals surface area contributed by atoms with Gasteiger partial charge < -0.3 is 18.7 Å². The number of benzene rings is 1. The van der Waals surface area contributed by atoms with Crippen LogP contribution in [0.1, 0.15) is 48.6 Å². The van der Waals surface area contributed by atoms with Gasteiger partial charge in [-0.15, -0.1) is 0 Å². The lowest BCUT2D eigenvalue weighted by Gasteiger charge is -2.27. The first-order valence-corrected chi connectivity index (χ1v) is 15.2. The van der Waals surface area contributed by atoms with E-state index in [1.54, 1.807) is 17.2 Å². The number of ether oxygens (including phenoxy) is 1. The van der Waals surface area contributed by atoms with Gasteiger partial charge in [0.05, 0.1) is 54.1 Å². The number of hydrogen-bond acceptors (Lipinski definition) is 8. The molecule has 0 bridgehead atoms. The molecule has 210 valence electrons. The number of hydrogen-bond donors (Lipinski definition) is 0. The first-order chi connectivity index (χ1) is 19.1. The lowest BCUT2D eigenvalue weighted by molar-refractivity contribution is -0.117. The maximum absolute atomic E-state index is 13.2. The summed E-state index contributed by atoms with van der Waals surface area (Å²) in [6.07, 6.45) is 4.32. The van der Waals surface area contributed by atoms with E-state index in [0.717, 1.165) is 27.9 Å². The molecule has 11 nitrogen and oxygen atoms in total. The summed E-state index contributed by atoms with van der Waals surface area (Å²) in [6.45, 7) is 4.52. The normalized spacial score (nSPS) is 20.2. The molecular weight excluding hydrogens is 556 g/mol. The Bertz CT molecular complexity index is 1730. The molecule has 0 radical (unpaired) electrons. The Labute approximate surface area is 236 Å². The predicted octanol–water partition coefficient (Wildman–Crippen LogP) is 4.44. The van der Waals surface area contributed by atoms with Crippen molar-refractivity contribution < 1.29 is 22.5 Å². The third kappa shape index (κ3) is 4.43. The van der Waals surface area contributed by atoms with Gasteiger partial charge in [-0.05, 0) is 50.5 Å². The number of methoxy groups -OCH3 is 1. The molecule has 1 amide bonds. The Morgan fingerprint density at radius 1 is 1.18 bits per heavy atom. The van der Waals surface area contributed by atoms with E-state index in [1.165, 1.54) is 17.7 Å². The summed E-state index contributed by atoms with van der Waals surface area (Å²) >= 11 is 6.38. The Balaban J connectivity index is 1.50. The van der Waals surface area contributed by atoms with E-state index in [1.807, 2.05) is 32.0 Å². The number of pyridine rings is 1. The molecule has 0 aliphatic carbocycles. The molecule has 3 aromatic heterocycles. The summed E-state index contributed by atoms with van der Waals surface area (Å²) in [4.78, 5) is 24.3. The fourth-order valence-corrected chi connectivity index (χ4v) is 7.08. The van der Waals surface area contributed by atoms with Gasteiger partial charge in [-0.3, -0.25) is 4.79 Å². The number of nitrogens with zero attached hydrogens (tertiary/aromatic N) is 6. The van der Waals surface area contributed by atoms with Gasteiger partial charge in [0.2, 0.25) is 21.8 Å². The van der Waals surface area contributed by atoms with E-state index in [4.69, 9.17) is 25.8 Å². The van der Waals surface area contributed by atoms with E-state index in [9.17, 15) is 13.2 Å². The smallest absolute Gasteiger partial charge is 0.232 e. The van der Waals surface area contributed by atoms with E-state index >= 15 is 0 Å². The first-order valence-electron chi connectivity index (χ1n) is 13.0. The highest BCUT2D eigenvalue weighted by atomic mass is 35.5. The monoisotopic (exact) mass is 584 g/mol. The molecule has 13 heteroatoms. The number of rotatable bonds is 6. The highest BCUT2D eigenvalue weighted by molar-refractivity contribution is 7.88. The maximum Gasteiger partial charge on any atom is 0.232 e. The Hall–Kier alpha value is -3.48. The van der Waals surface area contributed by atoms with Gasteiger partial charge in [0.1, 0.15) is 16.6 Å². The van der Waals surface area contributed by atoms with Crippen LogP contribution in [0.25, 0.3) is 22.2 Å². The Kier molecular flexibility index (Phi) is 6.59. The second-order valence-electron chi connectivity index (χ2n) is 10.3. The molecule has 2 aliphatic heterocycles. The van der Waals surface area contributed by atoms with Gasteiger partial charge in [-0.2, -0.15) is 0 Å². The van der Waals surface area contributed by atoms with Gasteiger partial charge in [-0.1, -0.05) is 22.8 Å². The number of anilines is 1. The summed E-state index contributed by atoms with van der Waals surface area (Å²) in [6, 6.07) is 7.15. The van der Waals surface area contributed by atoms with Crippen molar-refractivity contribution in [1.82, 2.24) is 24.0 Å². The highest BCUT2D eigenvalue weighted by Gasteiger charge is 2.40. The van der Waals surface area contributed by atoms with E-state index in [0.29, 0.717) is 54.6 Å². The van der Waals surface area contributed by atoms with Crippen molar-refractivity contribution in [3.05, 3.63) is 52.8 Å². The molecule has 6 rings (SSSR count). The fraction of sp³-hybridized carbons (Fsp3) is 0.407. The number of aromatic nitrogens is 4. The highest BCUT2D eigenvalue weighted by Crippen LogP contribution is 2.42. The van der Waals surface area contributed by atoms with Gasteiger partial charge in [-0.25, -0.2) is 22.7 Å². The van der Waals surface area contributed by atoms with Gasteiger partial charge >= 0.3 is 0 Å². The molecule has 2 aliphatic rings. The molecule has 0 unspecified atom stereocenters.